The number of rotatable bonds is 8. The molecule has 2 aromatic heterocycles. The Morgan fingerprint density at radius 1 is 1.10 bits per heavy atom. The molecule has 7 nitrogen and oxygen atoms in total. The van der Waals surface area contributed by atoms with E-state index in [2.05, 4.69) is 5.16 Å². The number of aromatic nitrogens is 1. The first-order valence-corrected chi connectivity index (χ1v) is 10.7. The lowest BCUT2D eigenvalue weighted by Crippen LogP contribution is -2.41. The number of ether oxygens (including phenoxy) is 2. The van der Waals surface area contributed by atoms with Crippen molar-refractivity contribution in [2.75, 3.05) is 26.3 Å². The molecule has 0 saturated carbocycles. The molecule has 0 unspecified atom stereocenters. The Labute approximate surface area is 181 Å². The van der Waals surface area contributed by atoms with E-state index in [1.807, 2.05) is 55.1 Å². The van der Waals surface area contributed by atoms with Crippen molar-refractivity contribution in [3.63, 3.8) is 0 Å². The van der Waals surface area contributed by atoms with E-state index in [-0.39, 0.29) is 12.0 Å². The average molecular weight is 424 g/mol. The average Bonchev–Trinajstić information content (AvgIpc) is 3.40. The van der Waals surface area contributed by atoms with Gasteiger partial charge in [0.25, 0.3) is 5.91 Å². The first kappa shape index (κ1) is 21.2. The topological polar surface area (TPSA) is 77.9 Å². The van der Waals surface area contributed by atoms with Crippen LogP contribution < -0.4 is 4.74 Å². The molecule has 7 heteroatoms. The van der Waals surface area contributed by atoms with Crippen molar-refractivity contribution in [2.24, 2.45) is 0 Å². The number of hydrogen-bond acceptors (Lipinski definition) is 6. The molecule has 0 aliphatic carbocycles. The third-order valence-electron chi connectivity index (χ3n) is 5.58. The standard InChI is InChI=1S/C24H28N2O5/c1-17-22(18(2)31-25-17)16-21-8-9-23(30-21)24(27)26-12-10-20(11-13-26)29-15-14-28-19-6-4-3-5-7-19/h3-9,20H,10-16H2,1-2H3. The Hall–Kier alpha value is -3.06. The number of para-hydroxylation sites is 1. The van der Waals surface area contributed by atoms with Crippen molar-refractivity contribution >= 4 is 5.91 Å². The first-order chi connectivity index (χ1) is 15.1. The molecule has 31 heavy (non-hydrogen) atoms. The molecule has 0 bridgehead atoms. The summed E-state index contributed by atoms with van der Waals surface area (Å²) in [5.74, 6) is 2.65. The smallest absolute Gasteiger partial charge is 0.289 e. The minimum atomic E-state index is -0.0733. The largest absolute Gasteiger partial charge is 0.491 e. The van der Waals surface area contributed by atoms with Gasteiger partial charge in [0, 0.05) is 25.1 Å². The van der Waals surface area contributed by atoms with Crippen LogP contribution in [0.3, 0.4) is 0 Å². The molecule has 1 aliphatic heterocycles. The molecule has 4 rings (SSSR count). The Morgan fingerprint density at radius 2 is 1.87 bits per heavy atom. The van der Waals surface area contributed by atoms with Gasteiger partial charge in [0.1, 0.15) is 23.9 Å². The number of carbonyl (C=O) groups excluding carboxylic acids is 1. The molecule has 3 aromatic rings. The Bertz CT molecular complexity index is 967. The maximum Gasteiger partial charge on any atom is 0.289 e. The predicted octanol–water partition coefficient (Wildman–Crippen LogP) is 4.18. The summed E-state index contributed by atoms with van der Waals surface area (Å²) in [7, 11) is 0. The van der Waals surface area contributed by atoms with E-state index < -0.39 is 0 Å². The normalized spacial score (nSPS) is 14.7. The van der Waals surface area contributed by atoms with Crippen LogP contribution in [0.25, 0.3) is 0 Å². The van der Waals surface area contributed by atoms with Crippen LogP contribution >= 0.6 is 0 Å². The van der Waals surface area contributed by atoms with E-state index in [1.165, 1.54) is 0 Å². The lowest BCUT2D eigenvalue weighted by molar-refractivity contribution is -0.00299. The summed E-state index contributed by atoms with van der Waals surface area (Å²) in [6.07, 6.45) is 2.33. The lowest BCUT2D eigenvalue weighted by atomic mass is 10.1. The van der Waals surface area contributed by atoms with Gasteiger partial charge in [-0.1, -0.05) is 23.4 Å². The van der Waals surface area contributed by atoms with E-state index in [9.17, 15) is 4.79 Å². The first-order valence-electron chi connectivity index (χ1n) is 10.7. The van der Waals surface area contributed by atoms with Gasteiger partial charge in [-0.05, 0) is 51.0 Å². The van der Waals surface area contributed by atoms with E-state index in [1.54, 1.807) is 6.07 Å². The van der Waals surface area contributed by atoms with E-state index in [0.717, 1.165) is 41.4 Å². The van der Waals surface area contributed by atoms with Gasteiger partial charge in [-0.2, -0.15) is 0 Å². The minimum absolute atomic E-state index is 0.0733. The second-order valence-corrected chi connectivity index (χ2v) is 7.77. The Morgan fingerprint density at radius 3 is 2.58 bits per heavy atom. The van der Waals surface area contributed by atoms with Crippen LogP contribution in [0.2, 0.25) is 0 Å². The van der Waals surface area contributed by atoms with Crippen molar-refractivity contribution < 1.29 is 23.2 Å². The van der Waals surface area contributed by atoms with Gasteiger partial charge in [-0.25, -0.2) is 0 Å². The fourth-order valence-corrected chi connectivity index (χ4v) is 3.79. The van der Waals surface area contributed by atoms with Crippen LogP contribution in [0.5, 0.6) is 5.75 Å². The molecule has 1 aromatic carbocycles. The Kier molecular flexibility index (Phi) is 6.72. The summed E-state index contributed by atoms with van der Waals surface area (Å²) in [6, 6.07) is 13.3. The highest BCUT2D eigenvalue weighted by Crippen LogP contribution is 2.21. The second kappa shape index (κ2) is 9.83. The molecule has 1 aliphatic rings. The molecule has 1 amide bonds. The molecule has 0 spiro atoms. The fraction of sp³-hybridized carbons (Fsp3) is 0.417. The summed E-state index contributed by atoms with van der Waals surface area (Å²) in [4.78, 5) is 14.6. The van der Waals surface area contributed by atoms with E-state index in [4.69, 9.17) is 18.4 Å². The van der Waals surface area contributed by atoms with E-state index >= 15 is 0 Å². The highest BCUT2D eigenvalue weighted by atomic mass is 16.5. The van der Waals surface area contributed by atoms with Gasteiger partial charge < -0.3 is 23.3 Å². The van der Waals surface area contributed by atoms with Gasteiger partial charge >= 0.3 is 0 Å². The van der Waals surface area contributed by atoms with Crippen LogP contribution in [0.4, 0.5) is 0 Å². The molecule has 0 radical (unpaired) electrons. The van der Waals surface area contributed by atoms with Crippen LogP contribution in [0.15, 0.2) is 51.4 Å². The summed E-state index contributed by atoms with van der Waals surface area (Å²) in [6.45, 7) is 6.15. The number of piperidine rings is 1. The molecule has 3 heterocycles. The van der Waals surface area contributed by atoms with Gasteiger partial charge in [-0.3, -0.25) is 4.79 Å². The zero-order chi connectivity index (χ0) is 21.6. The number of benzene rings is 1. The molecular formula is C24H28N2O5. The summed E-state index contributed by atoms with van der Waals surface area (Å²) < 4.78 is 22.6. The highest BCUT2D eigenvalue weighted by molar-refractivity contribution is 5.91. The van der Waals surface area contributed by atoms with E-state index in [0.29, 0.717) is 38.5 Å². The van der Waals surface area contributed by atoms with Crippen LogP contribution in [-0.4, -0.2) is 48.4 Å². The van der Waals surface area contributed by atoms with Crippen LogP contribution in [0.1, 0.15) is 46.2 Å². The number of aryl methyl sites for hydroxylation is 2. The van der Waals surface area contributed by atoms with Crippen molar-refractivity contribution in [3.05, 3.63) is 71.0 Å². The summed E-state index contributed by atoms with van der Waals surface area (Å²) >= 11 is 0. The third kappa shape index (κ3) is 5.35. The summed E-state index contributed by atoms with van der Waals surface area (Å²) in [5.41, 5.74) is 1.85. The molecule has 0 N–H and O–H groups in total. The van der Waals surface area contributed by atoms with Gasteiger partial charge in [0.2, 0.25) is 0 Å². The third-order valence-corrected chi connectivity index (χ3v) is 5.58. The molecule has 164 valence electrons. The van der Waals surface area contributed by atoms with Crippen molar-refractivity contribution in [1.29, 1.82) is 0 Å². The SMILES string of the molecule is Cc1noc(C)c1Cc1ccc(C(=O)N2CCC(OCCOc3ccccc3)CC2)o1. The predicted molar refractivity (Wildman–Crippen MR) is 114 cm³/mol. The Balaban J connectivity index is 1.21. The van der Waals surface area contributed by atoms with Gasteiger partial charge in [0.15, 0.2) is 5.76 Å². The number of carbonyl (C=O) groups is 1. The number of hydrogen-bond donors (Lipinski definition) is 0. The molecular weight excluding hydrogens is 396 g/mol. The summed E-state index contributed by atoms with van der Waals surface area (Å²) in [5, 5.41) is 3.97. The zero-order valence-corrected chi connectivity index (χ0v) is 18.0. The monoisotopic (exact) mass is 424 g/mol. The number of amides is 1. The molecule has 1 fully saturated rings. The van der Waals surface area contributed by atoms with Crippen molar-refractivity contribution in [2.45, 2.75) is 39.2 Å². The maximum absolute atomic E-state index is 12.8. The molecule has 1 saturated heterocycles. The van der Waals surface area contributed by atoms with Crippen LogP contribution in [0, 0.1) is 13.8 Å². The highest BCUT2D eigenvalue weighted by Gasteiger charge is 2.26. The quantitative estimate of drug-likeness (QED) is 0.505. The lowest BCUT2D eigenvalue weighted by Gasteiger charge is -2.31. The minimum Gasteiger partial charge on any atom is -0.491 e. The number of nitrogens with zero attached hydrogens (tertiary/aromatic N) is 2. The zero-order valence-electron chi connectivity index (χ0n) is 18.0. The van der Waals surface area contributed by atoms with Crippen LogP contribution in [-0.2, 0) is 11.2 Å². The number of furan rings is 1. The van der Waals surface area contributed by atoms with Crippen molar-refractivity contribution in [3.8, 4) is 5.75 Å². The fourth-order valence-electron chi connectivity index (χ4n) is 3.79. The number of likely N-dealkylation sites (tertiary alicyclic amines) is 1. The van der Waals surface area contributed by atoms with Crippen molar-refractivity contribution in [1.82, 2.24) is 10.1 Å². The van der Waals surface area contributed by atoms with Gasteiger partial charge in [-0.15, -0.1) is 0 Å². The molecule has 0 atom stereocenters. The van der Waals surface area contributed by atoms with Gasteiger partial charge in [0.05, 0.1) is 18.4 Å². The maximum atomic E-state index is 12.8. The second-order valence-electron chi connectivity index (χ2n) is 7.77.